The van der Waals surface area contributed by atoms with Crippen LogP contribution in [0.5, 0.6) is 17.2 Å². The normalized spacial score (nSPS) is 10.2. The number of benzene rings is 2. The second-order valence-electron chi connectivity index (χ2n) is 4.75. The van der Waals surface area contributed by atoms with E-state index in [1.54, 1.807) is 6.07 Å². The Hall–Kier alpha value is -2.47. The molecule has 0 heterocycles. The molecule has 24 heavy (non-hydrogen) atoms. The molecule has 0 spiro atoms. The Balaban J connectivity index is 1.90. The minimum Gasteiger partial charge on any atom is -0.493 e. The van der Waals surface area contributed by atoms with Crippen LogP contribution in [-0.2, 0) is 0 Å². The lowest BCUT2D eigenvalue weighted by molar-refractivity contribution is 0.0946. The van der Waals surface area contributed by atoms with E-state index < -0.39 is 0 Å². The van der Waals surface area contributed by atoms with Crippen LogP contribution in [0, 0.1) is 5.82 Å². The molecular formula is C17H17ClFNO4. The quantitative estimate of drug-likeness (QED) is 0.776. The van der Waals surface area contributed by atoms with Crippen LogP contribution in [0.2, 0.25) is 5.02 Å². The minimum absolute atomic E-state index is 0.248. The Morgan fingerprint density at radius 1 is 1.17 bits per heavy atom. The molecule has 128 valence electrons. The van der Waals surface area contributed by atoms with Crippen LogP contribution in [0.15, 0.2) is 36.4 Å². The van der Waals surface area contributed by atoms with Gasteiger partial charge in [0.25, 0.3) is 5.91 Å². The van der Waals surface area contributed by atoms with Gasteiger partial charge >= 0.3 is 0 Å². The van der Waals surface area contributed by atoms with E-state index in [0.29, 0.717) is 22.8 Å². The summed E-state index contributed by atoms with van der Waals surface area (Å²) < 4.78 is 28.5. The van der Waals surface area contributed by atoms with Gasteiger partial charge in [-0.25, -0.2) is 4.39 Å². The van der Waals surface area contributed by atoms with Gasteiger partial charge in [0, 0.05) is 5.56 Å². The lowest BCUT2D eigenvalue weighted by atomic mass is 10.2. The fourth-order valence-electron chi connectivity index (χ4n) is 2.02. The second-order valence-corrected chi connectivity index (χ2v) is 5.16. The Bertz CT molecular complexity index is 706. The van der Waals surface area contributed by atoms with E-state index >= 15 is 0 Å². The third-order valence-electron chi connectivity index (χ3n) is 3.17. The van der Waals surface area contributed by atoms with Gasteiger partial charge in [-0.2, -0.15) is 0 Å². The van der Waals surface area contributed by atoms with Gasteiger partial charge in [0.15, 0.2) is 11.5 Å². The van der Waals surface area contributed by atoms with Crippen LogP contribution in [0.4, 0.5) is 4.39 Å². The number of carbonyl (C=O) groups excluding carboxylic acids is 1. The number of rotatable bonds is 7. The molecule has 0 aliphatic heterocycles. The van der Waals surface area contributed by atoms with Crippen molar-refractivity contribution < 1.29 is 23.4 Å². The maximum atomic E-state index is 12.8. The van der Waals surface area contributed by atoms with Crippen molar-refractivity contribution in [3.8, 4) is 17.2 Å². The Kier molecular flexibility index (Phi) is 6.26. The first-order chi connectivity index (χ1) is 11.5. The highest BCUT2D eigenvalue weighted by Crippen LogP contribution is 2.35. The number of carbonyl (C=O) groups is 1. The van der Waals surface area contributed by atoms with Gasteiger partial charge in [0.1, 0.15) is 18.2 Å². The standard InChI is InChI=1S/C17H17ClFNO4/c1-22-15-10-11(9-14(18)16(15)23-2)17(21)20-7-8-24-13-5-3-12(19)4-6-13/h3-6,9-10H,7-8H2,1-2H3,(H,20,21). The topological polar surface area (TPSA) is 56.8 Å². The van der Waals surface area contributed by atoms with E-state index in [9.17, 15) is 9.18 Å². The van der Waals surface area contributed by atoms with E-state index in [1.165, 1.54) is 44.6 Å². The van der Waals surface area contributed by atoms with Crippen LogP contribution in [0.3, 0.4) is 0 Å². The third kappa shape index (κ3) is 4.52. The van der Waals surface area contributed by atoms with Crippen molar-refractivity contribution in [3.05, 3.63) is 52.8 Å². The summed E-state index contributed by atoms with van der Waals surface area (Å²) in [6.45, 7) is 0.528. The molecule has 0 aliphatic carbocycles. The summed E-state index contributed by atoms with van der Waals surface area (Å²) >= 11 is 6.07. The summed E-state index contributed by atoms with van der Waals surface area (Å²) in [6.07, 6.45) is 0. The molecule has 0 bridgehead atoms. The summed E-state index contributed by atoms with van der Waals surface area (Å²) in [5, 5.41) is 2.99. The summed E-state index contributed by atoms with van der Waals surface area (Å²) in [5.41, 5.74) is 0.347. The highest BCUT2D eigenvalue weighted by Gasteiger charge is 2.14. The summed E-state index contributed by atoms with van der Waals surface area (Å²) in [7, 11) is 2.93. The molecule has 0 aromatic heterocycles. The van der Waals surface area contributed by atoms with Gasteiger partial charge in [0.05, 0.1) is 25.8 Å². The highest BCUT2D eigenvalue weighted by molar-refractivity contribution is 6.32. The first-order valence-corrected chi connectivity index (χ1v) is 7.51. The summed E-state index contributed by atoms with van der Waals surface area (Å²) in [5.74, 6) is 0.620. The second kappa shape index (κ2) is 8.40. The molecule has 2 aromatic carbocycles. The zero-order chi connectivity index (χ0) is 17.5. The molecule has 0 aliphatic rings. The third-order valence-corrected chi connectivity index (χ3v) is 3.45. The van der Waals surface area contributed by atoms with E-state index in [1.807, 2.05) is 0 Å². The van der Waals surface area contributed by atoms with Crippen LogP contribution in [-0.4, -0.2) is 33.3 Å². The van der Waals surface area contributed by atoms with Gasteiger partial charge < -0.3 is 19.5 Å². The Morgan fingerprint density at radius 2 is 1.88 bits per heavy atom. The molecule has 0 fully saturated rings. The van der Waals surface area contributed by atoms with E-state index in [-0.39, 0.29) is 29.9 Å². The van der Waals surface area contributed by atoms with E-state index in [4.69, 9.17) is 25.8 Å². The van der Waals surface area contributed by atoms with Gasteiger partial charge in [-0.05, 0) is 36.4 Å². The fourth-order valence-corrected chi connectivity index (χ4v) is 2.30. The number of ether oxygens (including phenoxy) is 3. The molecule has 1 amide bonds. The fraction of sp³-hybridized carbons (Fsp3) is 0.235. The smallest absolute Gasteiger partial charge is 0.251 e. The van der Waals surface area contributed by atoms with Crippen molar-refractivity contribution in [2.24, 2.45) is 0 Å². The molecule has 0 unspecified atom stereocenters. The van der Waals surface area contributed by atoms with Gasteiger partial charge in [-0.15, -0.1) is 0 Å². The molecule has 0 radical (unpaired) electrons. The molecule has 2 rings (SSSR count). The van der Waals surface area contributed by atoms with Crippen LogP contribution >= 0.6 is 11.6 Å². The highest BCUT2D eigenvalue weighted by atomic mass is 35.5. The van der Waals surface area contributed by atoms with Crippen LogP contribution in [0.25, 0.3) is 0 Å². The largest absolute Gasteiger partial charge is 0.493 e. The minimum atomic E-state index is -0.332. The van der Waals surface area contributed by atoms with Crippen molar-refractivity contribution >= 4 is 17.5 Å². The Morgan fingerprint density at radius 3 is 2.50 bits per heavy atom. The zero-order valence-corrected chi connectivity index (χ0v) is 14.0. The number of amides is 1. The first kappa shape index (κ1) is 17.9. The molecule has 1 N–H and O–H groups in total. The molecule has 0 atom stereocenters. The van der Waals surface area contributed by atoms with Gasteiger partial charge in [-0.3, -0.25) is 4.79 Å². The molecule has 7 heteroatoms. The van der Waals surface area contributed by atoms with Gasteiger partial charge in [-0.1, -0.05) is 11.6 Å². The first-order valence-electron chi connectivity index (χ1n) is 7.13. The number of halogens is 2. The van der Waals surface area contributed by atoms with Crippen molar-refractivity contribution in [1.29, 1.82) is 0 Å². The van der Waals surface area contributed by atoms with Crippen molar-refractivity contribution in [2.45, 2.75) is 0 Å². The van der Waals surface area contributed by atoms with Crippen molar-refractivity contribution in [1.82, 2.24) is 5.32 Å². The average Bonchev–Trinajstić information content (AvgIpc) is 2.59. The van der Waals surface area contributed by atoms with E-state index in [0.717, 1.165) is 0 Å². The average molecular weight is 354 g/mol. The number of nitrogens with one attached hydrogen (secondary N) is 1. The molecule has 0 saturated carbocycles. The lowest BCUT2D eigenvalue weighted by Crippen LogP contribution is -2.28. The number of hydrogen-bond donors (Lipinski definition) is 1. The maximum absolute atomic E-state index is 12.8. The Labute approximate surface area is 144 Å². The van der Waals surface area contributed by atoms with Crippen molar-refractivity contribution in [3.63, 3.8) is 0 Å². The van der Waals surface area contributed by atoms with Gasteiger partial charge in [0.2, 0.25) is 0 Å². The monoisotopic (exact) mass is 353 g/mol. The number of hydrogen-bond acceptors (Lipinski definition) is 4. The predicted molar refractivity (Wildman–Crippen MR) is 88.8 cm³/mol. The molecule has 0 saturated heterocycles. The number of methoxy groups -OCH3 is 2. The molecular weight excluding hydrogens is 337 g/mol. The maximum Gasteiger partial charge on any atom is 0.251 e. The van der Waals surface area contributed by atoms with Crippen LogP contribution < -0.4 is 19.5 Å². The summed E-state index contributed by atoms with van der Waals surface area (Å²) in [4.78, 5) is 12.1. The van der Waals surface area contributed by atoms with E-state index in [2.05, 4.69) is 5.32 Å². The zero-order valence-electron chi connectivity index (χ0n) is 13.3. The predicted octanol–water partition coefficient (Wildman–Crippen LogP) is 3.31. The summed E-state index contributed by atoms with van der Waals surface area (Å²) in [6, 6.07) is 8.69. The van der Waals surface area contributed by atoms with Crippen molar-refractivity contribution in [2.75, 3.05) is 27.4 Å². The van der Waals surface area contributed by atoms with Crippen LogP contribution in [0.1, 0.15) is 10.4 Å². The molecule has 2 aromatic rings. The lowest BCUT2D eigenvalue weighted by Gasteiger charge is -2.12. The SMILES string of the molecule is COc1cc(C(=O)NCCOc2ccc(F)cc2)cc(Cl)c1OC. The molecule has 5 nitrogen and oxygen atoms in total.